The van der Waals surface area contributed by atoms with Crippen LogP contribution in [-0.2, 0) is 29.7 Å². The molecule has 5 heteroatoms. The SMILES string of the molecule is C1=CC(Cc2ccccc2)=[C]([Zr+2][CH]2C(n3ccnc3)=Cc3ccccc32)C1.[Cl-].[Cl-]. The quantitative estimate of drug-likeness (QED) is 0.463. The maximum absolute atomic E-state index is 4.28. The number of fused-ring (bicyclic) bond motifs is 1. The molecule has 144 valence electrons. The third-order valence-electron chi connectivity index (χ3n) is 5.29. The Morgan fingerprint density at radius 2 is 1.79 bits per heavy atom. The van der Waals surface area contributed by atoms with Crippen LogP contribution in [0.1, 0.15) is 26.7 Å². The van der Waals surface area contributed by atoms with Crippen molar-refractivity contribution in [2.24, 2.45) is 0 Å². The summed E-state index contributed by atoms with van der Waals surface area (Å²) in [7, 11) is 0. The van der Waals surface area contributed by atoms with Gasteiger partial charge in [-0.25, -0.2) is 0 Å². The molecule has 0 aliphatic heterocycles. The van der Waals surface area contributed by atoms with Crippen molar-refractivity contribution in [3.63, 3.8) is 0 Å². The maximum Gasteiger partial charge on any atom is -1.00 e. The molecule has 2 aliphatic carbocycles. The van der Waals surface area contributed by atoms with Crippen molar-refractivity contribution < 1.29 is 48.0 Å². The van der Waals surface area contributed by atoms with E-state index in [1.165, 1.54) is 22.4 Å². The number of rotatable bonds is 5. The first kappa shape index (κ1) is 22.0. The number of imidazole rings is 1. The van der Waals surface area contributed by atoms with Gasteiger partial charge in [-0.3, -0.25) is 0 Å². The minimum absolute atomic E-state index is 0. The first-order valence-electron chi connectivity index (χ1n) is 9.36. The zero-order chi connectivity index (χ0) is 18.1. The van der Waals surface area contributed by atoms with Crippen LogP contribution in [0.3, 0.4) is 0 Å². The first-order valence-corrected chi connectivity index (χ1v) is 12.0. The molecule has 0 N–H and O–H groups in total. The van der Waals surface area contributed by atoms with Gasteiger partial charge in [0.15, 0.2) is 0 Å². The summed E-state index contributed by atoms with van der Waals surface area (Å²) < 4.78 is 4.50. The van der Waals surface area contributed by atoms with Gasteiger partial charge in [-0.15, -0.1) is 0 Å². The van der Waals surface area contributed by atoms with Crippen LogP contribution in [0.4, 0.5) is 0 Å². The van der Waals surface area contributed by atoms with E-state index in [4.69, 9.17) is 0 Å². The smallest absolute Gasteiger partial charge is 1.00 e. The molecule has 2 aromatic carbocycles. The molecule has 0 saturated carbocycles. The summed E-state index contributed by atoms with van der Waals surface area (Å²) in [4.78, 5) is 4.28. The van der Waals surface area contributed by atoms with Crippen LogP contribution in [-0.4, -0.2) is 9.55 Å². The van der Waals surface area contributed by atoms with Crippen LogP contribution in [0.15, 0.2) is 94.3 Å². The molecular weight excluding hydrogens is 478 g/mol. The topological polar surface area (TPSA) is 17.8 Å². The number of aromatic nitrogens is 2. The summed E-state index contributed by atoms with van der Waals surface area (Å²) in [6.45, 7) is 0. The van der Waals surface area contributed by atoms with Gasteiger partial charge < -0.3 is 24.8 Å². The van der Waals surface area contributed by atoms with E-state index in [0.717, 1.165) is 12.8 Å². The summed E-state index contributed by atoms with van der Waals surface area (Å²) in [5.41, 5.74) is 7.25. The van der Waals surface area contributed by atoms with Gasteiger partial charge in [0.05, 0.1) is 0 Å². The molecule has 0 bridgehead atoms. The molecule has 1 atom stereocenters. The minimum atomic E-state index is -0.823. The molecule has 0 saturated heterocycles. The number of hydrogen-bond donors (Lipinski definition) is 0. The molecule has 1 unspecified atom stereocenters. The zero-order valence-electron chi connectivity index (χ0n) is 15.8. The molecule has 0 fully saturated rings. The monoisotopic (exact) mass is 496 g/mol. The van der Waals surface area contributed by atoms with Crippen molar-refractivity contribution in [1.29, 1.82) is 0 Å². The molecule has 1 aromatic heterocycles. The summed E-state index contributed by atoms with van der Waals surface area (Å²) in [5.74, 6) is 0. The van der Waals surface area contributed by atoms with Crippen molar-refractivity contribution in [1.82, 2.24) is 9.55 Å². The summed E-state index contributed by atoms with van der Waals surface area (Å²) >= 11 is -0.823. The van der Waals surface area contributed by atoms with E-state index in [1.807, 2.05) is 12.5 Å². The fourth-order valence-electron chi connectivity index (χ4n) is 3.95. The van der Waals surface area contributed by atoms with Crippen LogP contribution in [0.5, 0.6) is 0 Å². The predicted molar refractivity (Wildman–Crippen MR) is 107 cm³/mol. The molecule has 0 radical (unpaired) electrons. The minimum Gasteiger partial charge on any atom is -1.00 e. The molecule has 5 rings (SSSR count). The molecule has 0 amide bonds. The standard InChI is InChI=1S/C12H9N2.C12H11.2ClH.Zr/c1-2-4-11-8-12(7-10(11)3-1)14-6-5-13-9-14;1-2-6-11(7-3-1)10-12-8-4-5-9-12;;;/h1-9H;1-4,6-8H,5,10H2;2*1H;/q;;;;+2/p-2. The summed E-state index contributed by atoms with van der Waals surface area (Å²) in [6.07, 6.45) is 15.2. The second-order valence-corrected chi connectivity index (χ2v) is 10.6. The van der Waals surface area contributed by atoms with E-state index in [9.17, 15) is 0 Å². The molecule has 3 aromatic rings. The van der Waals surface area contributed by atoms with E-state index >= 15 is 0 Å². The van der Waals surface area contributed by atoms with Gasteiger partial charge in [-0.1, -0.05) is 0 Å². The zero-order valence-corrected chi connectivity index (χ0v) is 19.8. The third-order valence-corrected chi connectivity index (χ3v) is 9.64. The van der Waals surface area contributed by atoms with Gasteiger partial charge in [0.25, 0.3) is 0 Å². The number of benzene rings is 2. The summed E-state index contributed by atoms with van der Waals surface area (Å²) in [5, 5.41) is 0. The van der Waals surface area contributed by atoms with Gasteiger partial charge in [-0.05, 0) is 0 Å². The normalized spacial score (nSPS) is 16.6. The molecular formula is C24H20Cl2N2Zr. The van der Waals surface area contributed by atoms with Gasteiger partial charge >= 0.3 is 172 Å². The fraction of sp³-hybridized carbons (Fsp3) is 0.125. The summed E-state index contributed by atoms with van der Waals surface area (Å²) in [6, 6.07) is 19.7. The Hall–Kier alpha value is -1.67. The van der Waals surface area contributed by atoms with E-state index in [0.29, 0.717) is 3.63 Å². The Bertz CT molecular complexity index is 1050. The molecule has 1 heterocycles. The van der Waals surface area contributed by atoms with Crippen LogP contribution < -0.4 is 24.8 Å². The maximum atomic E-state index is 4.28. The number of allylic oxidation sites excluding steroid dienone is 5. The molecule has 0 spiro atoms. The Balaban J connectivity index is 0.00000120. The van der Waals surface area contributed by atoms with E-state index < -0.39 is 23.2 Å². The van der Waals surface area contributed by atoms with Crippen molar-refractivity contribution >= 4 is 11.8 Å². The van der Waals surface area contributed by atoms with Crippen LogP contribution in [0, 0.1) is 0 Å². The van der Waals surface area contributed by atoms with Gasteiger partial charge in [0, 0.05) is 0 Å². The number of hydrogen-bond acceptors (Lipinski definition) is 1. The van der Waals surface area contributed by atoms with Gasteiger partial charge in [0.2, 0.25) is 0 Å². The van der Waals surface area contributed by atoms with E-state index in [2.05, 4.69) is 88.6 Å². The van der Waals surface area contributed by atoms with E-state index in [1.54, 1.807) is 8.85 Å². The number of nitrogens with zero attached hydrogens (tertiary/aromatic N) is 2. The third kappa shape index (κ3) is 4.58. The Kier molecular flexibility index (Phi) is 7.51. The average Bonchev–Trinajstić information content (AvgIpc) is 3.44. The predicted octanol–water partition coefficient (Wildman–Crippen LogP) is -0.517. The Labute approximate surface area is 195 Å². The Morgan fingerprint density at radius 1 is 1.00 bits per heavy atom. The molecule has 2 aliphatic rings. The van der Waals surface area contributed by atoms with Crippen molar-refractivity contribution in [2.75, 3.05) is 0 Å². The molecule has 29 heavy (non-hydrogen) atoms. The van der Waals surface area contributed by atoms with Gasteiger partial charge in [0.1, 0.15) is 0 Å². The van der Waals surface area contributed by atoms with Crippen molar-refractivity contribution in [3.05, 3.63) is 111 Å². The molecule has 2 nitrogen and oxygen atoms in total. The second-order valence-electron chi connectivity index (χ2n) is 7.02. The largest absolute Gasteiger partial charge is 1.00 e. The van der Waals surface area contributed by atoms with Crippen LogP contribution in [0.25, 0.3) is 11.8 Å². The van der Waals surface area contributed by atoms with Crippen LogP contribution >= 0.6 is 0 Å². The average molecular weight is 499 g/mol. The Morgan fingerprint density at radius 3 is 2.59 bits per heavy atom. The van der Waals surface area contributed by atoms with Crippen molar-refractivity contribution in [3.8, 4) is 0 Å². The second kappa shape index (κ2) is 9.89. The van der Waals surface area contributed by atoms with E-state index in [-0.39, 0.29) is 24.8 Å². The van der Waals surface area contributed by atoms with Gasteiger partial charge in [-0.2, -0.15) is 0 Å². The van der Waals surface area contributed by atoms with Crippen LogP contribution in [0.2, 0.25) is 0 Å². The fourth-order valence-corrected chi connectivity index (χ4v) is 8.23. The number of halogens is 2. The first-order chi connectivity index (χ1) is 13.4. The van der Waals surface area contributed by atoms with Crippen molar-refractivity contribution in [2.45, 2.75) is 16.5 Å².